The van der Waals surface area contributed by atoms with Gasteiger partial charge in [-0.25, -0.2) is 4.39 Å². The molecular formula is C66H78B2Br3FN2O4. The third-order valence-electron chi connectivity index (χ3n) is 15.4. The molecule has 0 N–H and O–H groups in total. The second kappa shape index (κ2) is 27.8. The van der Waals surface area contributed by atoms with E-state index >= 15 is 0 Å². The molecule has 9 rings (SSSR count). The summed E-state index contributed by atoms with van der Waals surface area (Å²) < 4.78 is 41.6. The van der Waals surface area contributed by atoms with E-state index in [2.05, 4.69) is 224 Å². The predicted octanol–water partition coefficient (Wildman–Crippen LogP) is 19.3. The first-order chi connectivity index (χ1) is 37.2. The van der Waals surface area contributed by atoms with Crippen LogP contribution < -0.4 is 20.7 Å². The van der Waals surface area contributed by atoms with Crippen LogP contribution in [-0.2, 0) is 31.5 Å². The Kier molecular flexibility index (Phi) is 21.8. The number of nitrogens with zero attached hydrogens (tertiary/aromatic N) is 2. The van der Waals surface area contributed by atoms with Gasteiger partial charge in [-0.3, -0.25) is 0 Å². The molecule has 0 amide bonds. The van der Waals surface area contributed by atoms with E-state index in [0.29, 0.717) is 0 Å². The summed E-state index contributed by atoms with van der Waals surface area (Å²) >= 11 is 10.4. The largest absolute Gasteiger partial charge is 0.494 e. The van der Waals surface area contributed by atoms with E-state index < -0.39 is 0 Å². The van der Waals surface area contributed by atoms with Crippen molar-refractivity contribution in [1.29, 1.82) is 0 Å². The van der Waals surface area contributed by atoms with Gasteiger partial charge >= 0.3 is 14.2 Å². The molecule has 0 unspecified atom stereocenters. The van der Waals surface area contributed by atoms with Crippen LogP contribution in [0.5, 0.6) is 0 Å². The van der Waals surface area contributed by atoms with Gasteiger partial charge in [-0.1, -0.05) is 149 Å². The third-order valence-corrected chi connectivity index (χ3v) is 16.9. The maximum atomic E-state index is 13.2. The number of hydrogen-bond donors (Lipinski definition) is 0. The van der Waals surface area contributed by atoms with Crippen molar-refractivity contribution in [2.45, 2.75) is 156 Å². The zero-order valence-corrected chi connectivity index (χ0v) is 52.2. The molecule has 78 heavy (non-hydrogen) atoms. The molecule has 7 aromatic rings. The second-order valence-electron chi connectivity index (χ2n) is 22.4. The number of hydrogen-bond acceptors (Lipinski definition) is 6. The minimum Gasteiger partial charge on any atom is -0.399 e. The fourth-order valence-electron chi connectivity index (χ4n) is 9.14. The molecule has 2 fully saturated rings. The van der Waals surface area contributed by atoms with Crippen molar-refractivity contribution >= 4 is 107 Å². The molecule has 0 bridgehead atoms. The number of benzene rings is 7. The highest BCUT2D eigenvalue weighted by Crippen LogP contribution is 2.40. The van der Waals surface area contributed by atoms with Crippen LogP contribution in [0.4, 0.5) is 38.5 Å². The van der Waals surface area contributed by atoms with E-state index in [0.717, 1.165) is 60.4 Å². The normalized spacial score (nSPS) is 15.7. The van der Waals surface area contributed by atoms with Gasteiger partial charge in [0.05, 0.1) is 22.4 Å². The first-order valence-electron chi connectivity index (χ1n) is 27.8. The van der Waals surface area contributed by atoms with Crippen LogP contribution in [-0.4, -0.2) is 36.6 Å². The zero-order chi connectivity index (χ0) is 56.1. The van der Waals surface area contributed by atoms with Crippen LogP contribution in [0.2, 0.25) is 0 Å². The first kappa shape index (κ1) is 61.1. The summed E-state index contributed by atoms with van der Waals surface area (Å²) in [7, 11) is -0.779. The highest BCUT2D eigenvalue weighted by molar-refractivity contribution is 9.11. The zero-order valence-electron chi connectivity index (χ0n) is 47.4. The van der Waals surface area contributed by atoms with E-state index in [-0.39, 0.29) is 42.5 Å². The Morgan fingerprint density at radius 2 is 0.603 bits per heavy atom. The van der Waals surface area contributed by atoms with Crippen molar-refractivity contribution in [3.63, 3.8) is 0 Å². The Balaban J connectivity index is 0.000000198. The number of aryl methyl sites for hydroxylation is 2. The minimum absolute atomic E-state index is 0.240. The quantitative estimate of drug-likeness (QED) is 0.0630. The molecule has 0 aromatic heterocycles. The highest BCUT2D eigenvalue weighted by atomic mass is 79.9. The van der Waals surface area contributed by atoms with Crippen molar-refractivity contribution < 1.29 is 23.0 Å². The van der Waals surface area contributed by atoms with Gasteiger partial charge in [0.15, 0.2) is 0 Å². The highest BCUT2D eigenvalue weighted by Gasteiger charge is 2.52. The van der Waals surface area contributed by atoms with Crippen LogP contribution in [0.3, 0.4) is 0 Å². The number of unbranched alkanes of at least 4 members (excludes halogenated alkanes) is 6. The molecule has 0 saturated carbocycles. The average molecular weight is 1240 g/mol. The third kappa shape index (κ3) is 16.3. The molecule has 0 aliphatic carbocycles. The first-order valence-corrected chi connectivity index (χ1v) is 30.2. The molecule has 7 aromatic carbocycles. The molecule has 2 saturated heterocycles. The van der Waals surface area contributed by atoms with Crippen molar-refractivity contribution in [2.24, 2.45) is 0 Å². The van der Waals surface area contributed by atoms with E-state index in [1.165, 1.54) is 85.5 Å². The summed E-state index contributed by atoms with van der Waals surface area (Å²) in [5.74, 6) is -0.240. The van der Waals surface area contributed by atoms with Crippen molar-refractivity contribution in [3.05, 3.63) is 200 Å². The smallest absolute Gasteiger partial charge is 0.399 e. The van der Waals surface area contributed by atoms with Crippen LogP contribution in [0.15, 0.2) is 183 Å². The van der Waals surface area contributed by atoms with Crippen molar-refractivity contribution in [2.75, 3.05) is 9.80 Å². The van der Waals surface area contributed by atoms with Gasteiger partial charge in [-0.05, 0) is 224 Å². The van der Waals surface area contributed by atoms with Crippen molar-refractivity contribution in [1.82, 2.24) is 0 Å². The molecule has 6 nitrogen and oxygen atoms in total. The van der Waals surface area contributed by atoms with Crippen LogP contribution in [0.25, 0.3) is 0 Å². The van der Waals surface area contributed by atoms with Gasteiger partial charge in [0.1, 0.15) is 5.82 Å². The average Bonchev–Trinajstić information content (AvgIpc) is 3.87. The van der Waals surface area contributed by atoms with E-state index in [4.69, 9.17) is 18.6 Å². The standard InChI is InChI=1S/C34H45B2NO4.C18H12Br2FN.C14H21Br/c1-10-11-12-25-13-19-28(20-14-25)37(29-21-15-26(16-22-29)35-38-31(2,3)32(4,5)39-35)30-23-17-27(18-24-30)36-40-33(6,7)34(8,9)41-36;19-13-1-7-16(8-2-13)22(17-9-3-14(20)4-10-17)18-11-5-15(21)6-12-18;1-2-3-4-5-6-7-8-13-9-11-14(15)12-10-13/h13-24H,10-12H2,1-9H3;1-12H;9-12H,2-8H2,1H3. The Labute approximate surface area is 492 Å². The SMILES string of the molecule is CCCCCCCCc1ccc(Br)cc1.CCCCc1ccc(N(c2ccc(B3OC(C)(C)C(C)(C)O3)cc2)c2ccc(B3OC(C)(C)C(C)(C)O3)cc2)cc1.Fc1ccc(N(c2ccc(Br)cc2)c2ccc(Br)cc2)cc1. The fourth-order valence-corrected chi connectivity index (χ4v) is 9.93. The second-order valence-corrected chi connectivity index (χ2v) is 25.1. The molecular weight excluding hydrogens is 1170 g/mol. The summed E-state index contributed by atoms with van der Waals surface area (Å²) in [5.41, 5.74) is 9.53. The van der Waals surface area contributed by atoms with Crippen molar-refractivity contribution in [3.8, 4) is 0 Å². The molecule has 410 valence electrons. The molecule has 2 aliphatic heterocycles. The number of anilines is 6. The lowest BCUT2D eigenvalue weighted by atomic mass is 9.79. The Bertz CT molecular complexity index is 2700. The Hall–Kier alpha value is -4.52. The molecule has 0 radical (unpaired) electrons. The van der Waals surface area contributed by atoms with E-state index in [1.54, 1.807) is 12.1 Å². The van der Waals surface area contributed by atoms with Crippen LogP contribution >= 0.6 is 47.8 Å². The van der Waals surface area contributed by atoms with Gasteiger partial charge in [-0.2, -0.15) is 0 Å². The van der Waals surface area contributed by atoms with Gasteiger partial charge in [0, 0.05) is 47.5 Å². The van der Waals surface area contributed by atoms with E-state index in [9.17, 15) is 4.39 Å². The summed E-state index contributed by atoms with van der Waals surface area (Å²) in [6.45, 7) is 21.2. The van der Waals surface area contributed by atoms with Gasteiger partial charge in [-0.15, -0.1) is 0 Å². The molecule has 0 spiro atoms. The topological polar surface area (TPSA) is 43.4 Å². The molecule has 2 heterocycles. The minimum atomic E-state index is -0.389. The fraction of sp³-hybridized carbons (Fsp3) is 0.364. The van der Waals surface area contributed by atoms with Crippen LogP contribution in [0, 0.1) is 5.82 Å². The lowest BCUT2D eigenvalue weighted by Crippen LogP contribution is -2.41. The van der Waals surface area contributed by atoms with E-state index in [1.807, 2.05) is 48.5 Å². The maximum Gasteiger partial charge on any atom is 0.494 e. The monoisotopic (exact) mass is 1240 g/mol. The van der Waals surface area contributed by atoms with Gasteiger partial charge in [0.25, 0.3) is 0 Å². The van der Waals surface area contributed by atoms with Gasteiger partial charge < -0.3 is 28.4 Å². The molecule has 2 aliphatic rings. The lowest BCUT2D eigenvalue weighted by molar-refractivity contribution is 0.00578. The summed E-state index contributed by atoms with van der Waals surface area (Å²) in [4.78, 5) is 4.37. The Morgan fingerprint density at radius 3 is 0.949 bits per heavy atom. The lowest BCUT2D eigenvalue weighted by Gasteiger charge is -2.32. The molecule has 12 heteroatoms. The summed E-state index contributed by atoms with van der Waals surface area (Å²) in [5, 5.41) is 0. The Morgan fingerprint density at radius 1 is 0.346 bits per heavy atom. The van der Waals surface area contributed by atoms with Gasteiger partial charge in [0.2, 0.25) is 0 Å². The number of rotatable bonds is 18. The summed E-state index contributed by atoms with van der Waals surface area (Å²) in [6, 6.07) is 57.2. The predicted molar refractivity (Wildman–Crippen MR) is 339 cm³/mol. The maximum absolute atomic E-state index is 13.2. The van der Waals surface area contributed by atoms with Crippen LogP contribution in [0.1, 0.15) is 132 Å². The number of halogens is 4. The summed E-state index contributed by atoms with van der Waals surface area (Å²) in [6.07, 6.45) is 13.0. The molecule has 0 atom stereocenters.